The molecule has 174 valence electrons. The Morgan fingerprint density at radius 1 is 1.12 bits per heavy atom. The maximum atomic E-state index is 11.3. The zero-order valence-electron chi connectivity index (χ0n) is 19.7. The van der Waals surface area contributed by atoms with Crippen molar-refractivity contribution < 1.29 is 9.90 Å². The molecule has 0 spiro atoms. The van der Waals surface area contributed by atoms with E-state index in [4.69, 9.17) is 5.73 Å². The largest absolute Gasteiger partial charge is 0.481 e. The first-order valence-electron chi connectivity index (χ1n) is 11.9. The number of nitrogen functional groups attached to an aromatic ring is 1. The van der Waals surface area contributed by atoms with E-state index in [-0.39, 0.29) is 12.0 Å². The Morgan fingerprint density at radius 3 is 2.62 bits per heavy atom. The number of nitrogens with zero attached hydrogens (tertiary/aromatic N) is 3. The zero-order chi connectivity index (χ0) is 23.8. The first kappa shape index (κ1) is 22.3. The molecule has 1 fully saturated rings. The maximum absolute atomic E-state index is 11.3. The van der Waals surface area contributed by atoms with Crippen molar-refractivity contribution in [1.29, 1.82) is 0 Å². The summed E-state index contributed by atoms with van der Waals surface area (Å²) in [4.78, 5) is 22.7. The number of hydrogen-bond donors (Lipinski definition) is 2. The van der Waals surface area contributed by atoms with Crippen molar-refractivity contribution in [3.05, 3.63) is 77.0 Å². The van der Waals surface area contributed by atoms with Crippen LogP contribution in [-0.2, 0) is 17.6 Å². The van der Waals surface area contributed by atoms with Gasteiger partial charge >= 0.3 is 5.97 Å². The van der Waals surface area contributed by atoms with Crippen LogP contribution in [0.4, 0.5) is 5.82 Å². The van der Waals surface area contributed by atoms with Crippen LogP contribution < -0.4 is 5.73 Å². The van der Waals surface area contributed by atoms with E-state index in [0.29, 0.717) is 12.4 Å². The van der Waals surface area contributed by atoms with Crippen LogP contribution in [0.5, 0.6) is 0 Å². The average Bonchev–Trinajstić information content (AvgIpc) is 3.33. The fraction of sp³-hybridized carbons (Fsp3) is 0.321. The van der Waals surface area contributed by atoms with Crippen LogP contribution >= 0.6 is 0 Å². The fourth-order valence-electron chi connectivity index (χ4n) is 5.00. The highest BCUT2D eigenvalue weighted by atomic mass is 16.4. The fourth-order valence-corrected chi connectivity index (χ4v) is 5.00. The Balaban J connectivity index is 1.30. The number of pyridine rings is 2. The van der Waals surface area contributed by atoms with Crippen LogP contribution in [0.3, 0.4) is 0 Å². The number of likely N-dealkylation sites (tertiary alicyclic amines) is 1. The van der Waals surface area contributed by atoms with Gasteiger partial charge in [-0.15, -0.1) is 0 Å². The molecule has 1 aliphatic heterocycles. The Bertz CT molecular complexity index is 1370. The number of anilines is 1. The van der Waals surface area contributed by atoms with E-state index in [1.54, 1.807) is 0 Å². The second kappa shape index (κ2) is 9.03. The van der Waals surface area contributed by atoms with Gasteiger partial charge in [0.15, 0.2) is 5.82 Å². The molecule has 2 aromatic carbocycles. The van der Waals surface area contributed by atoms with E-state index in [2.05, 4.69) is 77.2 Å². The molecule has 2 atom stereocenters. The molecule has 1 aliphatic rings. The summed E-state index contributed by atoms with van der Waals surface area (Å²) in [5.74, 6) is -0.461. The zero-order valence-corrected chi connectivity index (χ0v) is 19.7. The van der Waals surface area contributed by atoms with Crippen LogP contribution in [0.15, 0.2) is 54.7 Å². The van der Waals surface area contributed by atoms with E-state index in [1.807, 2.05) is 6.20 Å². The topological polar surface area (TPSA) is 92.3 Å². The van der Waals surface area contributed by atoms with Gasteiger partial charge < -0.3 is 10.8 Å². The molecule has 0 bridgehead atoms. The smallest absolute Gasteiger partial charge is 0.307 e. The number of fused-ring (bicyclic) bond motifs is 3. The predicted octanol–water partition coefficient (Wildman–Crippen LogP) is 4.93. The summed E-state index contributed by atoms with van der Waals surface area (Å²) in [6.07, 6.45) is 4.45. The van der Waals surface area contributed by atoms with Crippen molar-refractivity contribution in [2.75, 3.05) is 18.8 Å². The second-order valence-electron chi connectivity index (χ2n) is 9.49. The van der Waals surface area contributed by atoms with Crippen molar-refractivity contribution in [3.63, 3.8) is 0 Å². The van der Waals surface area contributed by atoms with Crippen LogP contribution in [0.1, 0.15) is 41.6 Å². The molecule has 3 heterocycles. The Kier molecular flexibility index (Phi) is 5.92. The van der Waals surface area contributed by atoms with E-state index < -0.39 is 5.97 Å². The Labute approximate surface area is 199 Å². The molecule has 0 radical (unpaired) electrons. The highest BCUT2D eigenvalue weighted by Crippen LogP contribution is 2.29. The lowest BCUT2D eigenvalue weighted by molar-refractivity contribution is -0.141. The molecule has 2 aromatic heterocycles. The summed E-state index contributed by atoms with van der Waals surface area (Å²) in [6.45, 7) is 5.68. The van der Waals surface area contributed by atoms with Crippen LogP contribution in [0.2, 0.25) is 0 Å². The van der Waals surface area contributed by atoms with Crippen LogP contribution in [0.25, 0.3) is 21.8 Å². The van der Waals surface area contributed by atoms with Crippen molar-refractivity contribution in [3.8, 4) is 0 Å². The van der Waals surface area contributed by atoms with Gasteiger partial charge in [0.25, 0.3) is 0 Å². The molecule has 3 N–H and O–H groups in total. The van der Waals surface area contributed by atoms with Crippen LogP contribution in [-0.4, -0.2) is 39.0 Å². The van der Waals surface area contributed by atoms with Gasteiger partial charge in [0.1, 0.15) is 5.52 Å². The molecule has 4 aromatic rings. The maximum Gasteiger partial charge on any atom is 0.307 e. The Hall–Kier alpha value is -3.51. The van der Waals surface area contributed by atoms with Crippen LogP contribution in [0, 0.1) is 12.8 Å². The van der Waals surface area contributed by atoms with Crippen molar-refractivity contribution in [1.82, 2.24) is 14.9 Å². The lowest BCUT2D eigenvalue weighted by atomic mass is 10.00. The number of aryl methyl sites for hydroxylation is 3. The molecule has 0 aliphatic carbocycles. The summed E-state index contributed by atoms with van der Waals surface area (Å²) in [6, 6.07) is 17.4. The van der Waals surface area contributed by atoms with Gasteiger partial charge in [-0.2, -0.15) is 0 Å². The number of aliphatic carboxylic acids is 1. The third kappa shape index (κ3) is 4.33. The minimum Gasteiger partial charge on any atom is -0.481 e. The number of hydrogen-bond acceptors (Lipinski definition) is 5. The summed E-state index contributed by atoms with van der Waals surface area (Å²) in [7, 11) is 0. The molecule has 6 nitrogen and oxygen atoms in total. The molecule has 0 amide bonds. The highest BCUT2D eigenvalue weighted by molar-refractivity contribution is 6.08. The van der Waals surface area contributed by atoms with Gasteiger partial charge in [0.2, 0.25) is 0 Å². The van der Waals surface area contributed by atoms with Gasteiger partial charge in [-0.3, -0.25) is 14.7 Å². The number of carboxylic acid groups (broad SMARTS) is 1. The number of benzene rings is 2. The number of carbonyl (C=O) groups is 1. The minimum absolute atomic E-state index is 0.221. The van der Waals surface area contributed by atoms with Crippen molar-refractivity contribution >= 4 is 33.6 Å². The molecule has 2 unspecified atom stereocenters. The quantitative estimate of drug-likeness (QED) is 0.402. The number of aromatic nitrogens is 2. The summed E-state index contributed by atoms with van der Waals surface area (Å²) in [5, 5.41) is 11.4. The first-order chi connectivity index (χ1) is 16.4. The normalized spacial score (nSPS) is 17.4. The Morgan fingerprint density at radius 2 is 1.88 bits per heavy atom. The average molecular weight is 455 g/mol. The lowest BCUT2D eigenvalue weighted by Gasteiger charge is -2.24. The number of carboxylic acids is 1. The third-order valence-corrected chi connectivity index (χ3v) is 7.15. The standard InChI is InChI=1S/C28H30N4O2/c1-17-3-10-23-24-14-20(15-30-26(24)27(29)31-25(23)13-17)5-4-19-6-8-21(9-7-19)18(2)32-12-11-22(16-32)28(33)34/h3,6-10,13-15,18,22H,4-5,11-12,16H2,1-2H3,(H2,29,31)(H,33,34). The molecule has 1 saturated heterocycles. The van der Waals surface area contributed by atoms with Gasteiger partial charge in [0, 0.05) is 29.6 Å². The van der Waals surface area contributed by atoms with Gasteiger partial charge in [-0.25, -0.2) is 4.98 Å². The summed E-state index contributed by atoms with van der Waals surface area (Å²) < 4.78 is 0. The number of rotatable bonds is 6. The summed E-state index contributed by atoms with van der Waals surface area (Å²) >= 11 is 0. The third-order valence-electron chi connectivity index (χ3n) is 7.15. The molecule has 6 heteroatoms. The van der Waals surface area contributed by atoms with Gasteiger partial charge in [-0.05, 0) is 74.0 Å². The SMILES string of the molecule is Cc1ccc2c(c1)nc(N)c1ncc(CCc3ccc(C(C)N4CCC(C(=O)O)C4)cc3)cc12. The monoisotopic (exact) mass is 454 g/mol. The summed E-state index contributed by atoms with van der Waals surface area (Å²) in [5.41, 5.74) is 12.7. The first-order valence-corrected chi connectivity index (χ1v) is 11.9. The number of nitrogens with two attached hydrogens (primary N) is 1. The van der Waals surface area contributed by atoms with E-state index in [9.17, 15) is 9.90 Å². The molecular weight excluding hydrogens is 424 g/mol. The van der Waals surface area contributed by atoms with Gasteiger partial charge in [0.05, 0.1) is 11.4 Å². The van der Waals surface area contributed by atoms with Crippen molar-refractivity contribution in [2.45, 2.75) is 39.2 Å². The molecular formula is C28H30N4O2. The highest BCUT2D eigenvalue weighted by Gasteiger charge is 2.30. The van der Waals surface area contributed by atoms with E-state index in [1.165, 1.54) is 16.7 Å². The lowest BCUT2D eigenvalue weighted by Crippen LogP contribution is -2.26. The molecule has 5 rings (SSSR count). The molecule has 0 saturated carbocycles. The molecule has 34 heavy (non-hydrogen) atoms. The van der Waals surface area contributed by atoms with E-state index in [0.717, 1.165) is 53.2 Å². The van der Waals surface area contributed by atoms with Gasteiger partial charge in [-0.1, -0.05) is 36.4 Å². The predicted molar refractivity (Wildman–Crippen MR) is 136 cm³/mol. The minimum atomic E-state index is -0.685. The van der Waals surface area contributed by atoms with E-state index >= 15 is 0 Å². The van der Waals surface area contributed by atoms with Crippen molar-refractivity contribution in [2.24, 2.45) is 5.92 Å². The second-order valence-corrected chi connectivity index (χ2v) is 9.49.